The van der Waals surface area contributed by atoms with Crippen LogP contribution in [0, 0.1) is 6.92 Å². The summed E-state index contributed by atoms with van der Waals surface area (Å²) in [6, 6.07) is 17.5. The van der Waals surface area contributed by atoms with Gasteiger partial charge in [0.1, 0.15) is 0 Å². The molecule has 0 aliphatic heterocycles. The molecular weight excluding hydrogens is 256 g/mol. The maximum Gasteiger partial charge on any atom is 0.0429 e. The normalized spacial score (nSPS) is 10.6. The predicted octanol–water partition coefficient (Wildman–Crippen LogP) is 4.13. The van der Waals surface area contributed by atoms with Crippen LogP contribution in [0.25, 0.3) is 0 Å². The Labute approximate surface area is 128 Å². The molecule has 0 heterocycles. The smallest absolute Gasteiger partial charge is 0.0429 e. The van der Waals surface area contributed by atoms with E-state index in [-0.39, 0.29) is 0 Å². The monoisotopic (exact) mass is 282 g/mol. The molecule has 0 saturated carbocycles. The molecular formula is C19H26N2. The second kappa shape index (κ2) is 7.84. The van der Waals surface area contributed by atoms with Gasteiger partial charge in [-0.05, 0) is 43.1 Å². The minimum absolute atomic E-state index is 0.947. The largest absolute Gasteiger partial charge is 0.367 e. The molecule has 2 aromatic carbocycles. The van der Waals surface area contributed by atoms with Crippen molar-refractivity contribution in [3.63, 3.8) is 0 Å². The highest BCUT2D eigenvalue weighted by atomic mass is 15.1. The summed E-state index contributed by atoms with van der Waals surface area (Å²) in [6.45, 7) is 10.5. The zero-order valence-electron chi connectivity index (χ0n) is 13.4. The fraction of sp³-hybridized carbons (Fsp3) is 0.368. The summed E-state index contributed by atoms with van der Waals surface area (Å²) in [4.78, 5) is 2.43. The Morgan fingerprint density at radius 2 is 1.71 bits per heavy atom. The molecule has 0 amide bonds. The van der Waals surface area contributed by atoms with E-state index in [0.717, 1.165) is 26.2 Å². The summed E-state index contributed by atoms with van der Waals surface area (Å²) in [5.41, 5.74) is 5.40. The number of anilines is 1. The van der Waals surface area contributed by atoms with Crippen LogP contribution in [-0.2, 0) is 13.1 Å². The van der Waals surface area contributed by atoms with E-state index in [9.17, 15) is 0 Å². The van der Waals surface area contributed by atoms with Crippen LogP contribution in [0.4, 0.5) is 5.69 Å². The lowest BCUT2D eigenvalue weighted by atomic mass is 10.1. The first kappa shape index (κ1) is 15.6. The van der Waals surface area contributed by atoms with Gasteiger partial charge in [-0.1, -0.05) is 49.4 Å². The second-order valence-corrected chi connectivity index (χ2v) is 5.40. The first-order valence-corrected chi connectivity index (χ1v) is 7.83. The van der Waals surface area contributed by atoms with Crippen LogP contribution in [0.1, 0.15) is 30.5 Å². The molecule has 0 aliphatic carbocycles. The van der Waals surface area contributed by atoms with Crippen LogP contribution < -0.4 is 10.2 Å². The van der Waals surface area contributed by atoms with E-state index in [0.29, 0.717) is 0 Å². The van der Waals surface area contributed by atoms with Gasteiger partial charge in [-0.3, -0.25) is 0 Å². The van der Waals surface area contributed by atoms with Gasteiger partial charge in [0.15, 0.2) is 0 Å². The van der Waals surface area contributed by atoms with Crippen LogP contribution >= 0.6 is 0 Å². The highest BCUT2D eigenvalue weighted by Gasteiger charge is 2.08. The first-order chi connectivity index (χ1) is 10.2. The number of hydrogen-bond acceptors (Lipinski definition) is 2. The van der Waals surface area contributed by atoms with Crippen molar-refractivity contribution in [1.82, 2.24) is 5.32 Å². The van der Waals surface area contributed by atoms with E-state index in [1.807, 2.05) is 0 Å². The third-order valence-electron chi connectivity index (χ3n) is 3.78. The number of rotatable bonds is 7. The van der Waals surface area contributed by atoms with Crippen LogP contribution in [0.5, 0.6) is 0 Å². The maximum absolute atomic E-state index is 3.38. The summed E-state index contributed by atoms with van der Waals surface area (Å²) < 4.78 is 0. The number of hydrogen-bond donors (Lipinski definition) is 1. The van der Waals surface area contributed by atoms with Crippen molar-refractivity contribution in [2.24, 2.45) is 0 Å². The number of aryl methyl sites for hydroxylation is 1. The molecule has 0 spiro atoms. The summed E-state index contributed by atoms with van der Waals surface area (Å²) in [5.74, 6) is 0. The van der Waals surface area contributed by atoms with Gasteiger partial charge in [0, 0.05) is 25.3 Å². The van der Waals surface area contributed by atoms with Gasteiger partial charge in [0.2, 0.25) is 0 Å². The second-order valence-electron chi connectivity index (χ2n) is 5.40. The van der Waals surface area contributed by atoms with Crippen LogP contribution in [-0.4, -0.2) is 13.1 Å². The Hall–Kier alpha value is -1.80. The number of nitrogens with zero attached hydrogens (tertiary/aromatic N) is 1. The number of benzene rings is 2. The fourth-order valence-corrected chi connectivity index (χ4v) is 2.62. The van der Waals surface area contributed by atoms with Crippen molar-refractivity contribution in [2.75, 3.05) is 18.0 Å². The van der Waals surface area contributed by atoms with Gasteiger partial charge >= 0.3 is 0 Å². The Kier molecular flexibility index (Phi) is 5.82. The molecule has 0 unspecified atom stereocenters. The SMILES string of the molecule is CCNCc1ccc(N(CC)Cc2ccccc2)c(C)c1. The molecule has 112 valence electrons. The summed E-state index contributed by atoms with van der Waals surface area (Å²) in [5, 5.41) is 3.38. The molecule has 0 bridgehead atoms. The van der Waals surface area contributed by atoms with Gasteiger partial charge in [0.05, 0.1) is 0 Å². The van der Waals surface area contributed by atoms with Gasteiger partial charge in [-0.2, -0.15) is 0 Å². The van der Waals surface area contributed by atoms with E-state index >= 15 is 0 Å². The molecule has 2 rings (SSSR count). The minimum atomic E-state index is 0.947. The molecule has 0 atom stereocenters. The Bertz CT molecular complexity index is 549. The Balaban J connectivity index is 2.14. The molecule has 0 aromatic heterocycles. The minimum Gasteiger partial charge on any atom is -0.367 e. The summed E-state index contributed by atoms with van der Waals surface area (Å²) >= 11 is 0. The fourth-order valence-electron chi connectivity index (χ4n) is 2.62. The van der Waals surface area contributed by atoms with E-state index < -0.39 is 0 Å². The summed E-state index contributed by atoms with van der Waals surface area (Å²) in [7, 11) is 0. The lowest BCUT2D eigenvalue weighted by Crippen LogP contribution is -2.23. The lowest BCUT2D eigenvalue weighted by Gasteiger charge is -2.25. The van der Waals surface area contributed by atoms with Crippen molar-refractivity contribution < 1.29 is 0 Å². The molecule has 2 heteroatoms. The predicted molar refractivity (Wildman–Crippen MR) is 91.7 cm³/mol. The molecule has 2 nitrogen and oxygen atoms in total. The zero-order chi connectivity index (χ0) is 15.1. The highest BCUT2D eigenvalue weighted by molar-refractivity contribution is 5.54. The maximum atomic E-state index is 3.38. The molecule has 1 N–H and O–H groups in total. The van der Waals surface area contributed by atoms with Crippen LogP contribution in [0.3, 0.4) is 0 Å². The average Bonchev–Trinajstić information content (AvgIpc) is 2.52. The van der Waals surface area contributed by atoms with Crippen LogP contribution in [0.2, 0.25) is 0 Å². The summed E-state index contributed by atoms with van der Waals surface area (Å²) in [6.07, 6.45) is 0. The quantitative estimate of drug-likeness (QED) is 0.821. The standard InChI is InChI=1S/C19H26N2/c1-4-20-14-18-11-12-19(16(3)13-18)21(5-2)15-17-9-7-6-8-10-17/h6-13,20H,4-5,14-15H2,1-3H3. The van der Waals surface area contributed by atoms with E-state index in [4.69, 9.17) is 0 Å². The molecule has 2 aromatic rings. The lowest BCUT2D eigenvalue weighted by molar-refractivity contribution is 0.726. The highest BCUT2D eigenvalue weighted by Crippen LogP contribution is 2.23. The van der Waals surface area contributed by atoms with Gasteiger partial charge in [-0.15, -0.1) is 0 Å². The Morgan fingerprint density at radius 1 is 0.952 bits per heavy atom. The van der Waals surface area contributed by atoms with E-state index in [1.54, 1.807) is 0 Å². The average molecular weight is 282 g/mol. The third-order valence-corrected chi connectivity index (χ3v) is 3.78. The molecule has 0 fully saturated rings. The topological polar surface area (TPSA) is 15.3 Å². The van der Waals surface area contributed by atoms with Crippen molar-refractivity contribution in [3.05, 3.63) is 65.2 Å². The molecule has 0 saturated heterocycles. The first-order valence-electron chi connectivity index (χ1n) is 7.83. The van der Waals surface area contributed by atoms with Crippen molar-refractivity contribution in [1.29, 1.82) is 0 Å². The number of nitrogens with one attached hydrogen (secondary N) is 1. The van der Waals surface area contributed by atoms with Gasteiger partial charge in [-0.25, -0.2) is 0 Å². The van der Waals surface area contributed by atoms with Gasteiger partial charge in [0.25, 0.3) is 0 Å². The van der Waals surface area contributed by atoms with E-state index in [2.05, 4.69) is 79.5 Å². The molecule has 0 radical (unpaired) electrons. The van der Waals surface area contributed by atoms with Crippen molar-refractivity contribution in [3.8, 4) is 0 Å². The third kappa shape index (κ3) is 4.33. The van der Waals surface area contributed by atoms with Crippen molar-refractivity contribution >= 4 is 5.69 Å². The molecule has 0 aliphatic rings. The van der Waals surface area contributed by atoms with Crippen molar-refractivity contribution in [2.45, 2.75) is 33.9 Å². The van der Waals surface area contributed by atoms with Crippen LogP contribution in [0.15, 0.2) is 48.5 Å². The molecule has 21 heavy (non-hydrogen) atoms. The zero-order valence-corrected chi connectivity index (χ0v) is 13.4. The van der Waals surface area contributed by atoms with E-state index in [1.165, 1.54) is 22.4 Å². The Morgan fingerprint density at radius 3 is 2.33 bits per heavy atom. The van der Waals surface area contributed by atoms with Gasteiger partial charge < -0.3 is 10.2 Å².